The fraction of sp³-hybridized carbons (Fsp3) is 0.600. The minimum atomic E-state index is 0.781. The van der Waals surface area contributed by atoms with Crippen LogP contribution in [0.25, 0.3) is 0 Å². The van der Waals surface area contributed by atoms with Gasteiger partial charge in [-0.15, -0.1) is 0 Å². The number of aromatic nitrogens is 1. The van der Waals surface area contributed by atoms with E-state index in [1.54, 1.807) is 0 Å². The minimum Gasteiger partial charge on any atom is -0.367 e. The number of H-pyrrole nitrogens is 1. The second-order valence-electron chi connectivity index (χ2n) is 3.36. The van der Waals surface area contributed by atoms with Gasteiger partial charge in [0.15, 0.2) is 0 Å². The van der Waals surface area contributed by atoms with Crippen molar-refractivity contribution in [1.82, 2.24) is 10.3 Å². The van der Waals surface area contributed by atoms with Gasteiger partial charge in [-0.25, -0.2) is 0 Å². The number of hydrogen-bond donors (Lipinski definition) is 2. The van der Waals surface area contributed by atoms with Gasteiger partial charge in [-0.3, -0.25) is 0 Å². The summed E-state index contributed by atoms with van der Waals surface area (Å²) in [5, 5.41) is 3.42. The van der Waals surface area contributed by atoms with Gasteiger partial charge in [0.1, 0.15) is 0 Å². The summed E-state index contributed by atoms with van der Waals surface area (Å²) in [6.45, 7) is 6.59. The first-order valence-electron chi connectivity index (χ1n) is 4.65. The lowest BCUT2D eigenvalue weighted by Crippen LogP contribution is -2.19. The van der Waals surface area contributed by atoms with Crippen molar-refractivity contribution in [3.63, 3.8) is 0 Å². The molecule has 0 aromatic carbocycles. The van der Waals surface area contributed by atoms with Crippen LogP contribution in [-0.2, 0) is 6.54 Å². The van der Waals surface area contributed by atoms with E-state index in [1.165, 1.54) is 12.0 Å². The summed E-state index contributed by atoms with van der Waals surface area (Å²) >= 11 is 0. The highest BCUT2D eigenvalue weighted by atomic mass is 14.9. The van der Waals surface area contributed by atoms with E-state index < -0.39 is 0 Å². The van der Waals surface area contributed by atoms with Crippen LogP contribution < -0.4 is 5.32 Å². The first-order valence-corrected chi connectivity index (χ1v) is 4.65. The molecule has 2 heteroatoms. The zero-order chi connectivity index (χ0) is 8.81. The van der Waals surface area contributed by atoms with E-state index in [1.807, 2.05) is 12.4 Å². The van der Waals surface area contributed by atoms with Gasteiger partial charge < -0.3 is 10.3 Å². The standard InChI is InChI=1S/C10H18N2/c1-3-9(2)6-12-8-10-4-5-11-7-10/h4-5,7,9,11-12H,3,6,8H2,1-2H3. The number of rotatable bonds is 5. The summed E-state index contributed by atoms with van der Waals surface area (Å²) in [7, 11) is 0. The molecule has 1 aromatic rings. The van der Waals surface area contributed by atoms with Crippen LogP contribution in [0.3, 0.4) is 0 Å². The lowest BCUT2D eigenvalue weighted by Gasteiger charge is -2.08. The summed E-state index contributed by atoms with van der Waals surface area (Å²) in [4.78, 5) is 3.04. The molecule has 1 heterocycles. The van der Waals surface area contributed by atoms with Crippen molar-refractivity contribution in [3.05, 3.63) is 24.0 Å². The topological polar surface area (TPSA) is 27.8 Å². The fourth-order valence-corrected chi connectivity index (χ4v) is 1.08. The highest BCUT2D eigenvalue weighted by molar-refractivity contribution is 5.07. The van der Waals surface area contributed by atoms with E-state index >= 15 is 0 Å². The SMILES string of the molecule is CCC(C)CNCc1cc[nH]c1. The van der Waals surface area contributed by atoms with Crippen molar-refractivity contribution >= 4 is 0 Å². The molecule has 0 spiro atoms. The molecule has 0 bridgehead atoms. The normalized spacial score (nSPS) is 13.2. The summed E-state index contributed by atoms with van der Waals surface area (Å²) in [6.07, 6.45) is 5.24. The molecule has 0 saturated heterocycles. The zero-order valence-electron chi connectivity index (χ0n) is 7.93. The quantitative estimate of drug-likeness (QED) is 0.689. The molecule has 68 valence electrons. The average molecular weight is 166 g/mol. The Hall–Kier alpha value is -0.760. The molecule has 0 amide bonds. The Balaban J connectivity index is 2.11. The van der Waals surface area contributed by atoms with Gasteiger partial charge in [-0.2, -0.15) is 0 Å². The summed E-state index contributed by atoms with van der Waals surface area (Å²) in [6, 6.07) is 2.10. The summed E-state index contributed by atoms with van der Waals surface area (Å²) in [5.74, 6) is 0.781. The third kappa shape index (κ3) is 3.09. The Labute approximate surface area is 74.4 Å². The molecule has 0 aliphatic carbocycles. The van der Waals surface area contributed by atoms with E-state index in [0.29, 0.717) is 0 Å². The maximum Gasteiger partial charge on any atom is 0.0220 e. The fourth-order valence-electron chi connectivity index (χ4n) is 1.08. The molecule has 0 aliphatic heterocycles. The van der Waals surface area contributed by atoms with Gasteiger partial charge in [0.05, 0.1) is 0 Å². The Kier molecular flexibility index (Phi) is 3.88. The molecule has 2 N–H and O–H groups in total. The van der Waals surface area contributed by atoms with Crippen LogP contribution in [0, 0.1) is 5.92 Å². The first-order chi connectivity index (χ1) is 5.83. The molecule has 1 aromatic heterocycles. The summed E-state index contributed by atoms with van der Waals surface area (Å²) < 4.78 is 0. The molecule has 2 nitrogen and oxygen atoms in total. The van der Waals surface area contributed by atoms with Crippen LogP contribution in [0.15, 0.2) is 18.5 Å². The monoisotopic (exact) mass is 166 g/mol. The number of aromatic amines is 1. The van der Waals surface area contributed by atoms with E-state index in [4.69, 9.17) is 0 Å². The third-order valence-corrected chi connectivity index (χ3v) is 2.18. The molecule has 0 aliphatic rings. The van der Waals surface area contributed by atoms with Crippen molar-refractivity contribution in [3.8, 4) is 0 Å². The third-order valence-electron chi connectivity index (χ3n) is 2.18. The van der Waals surface area contributed by atoms with Crippen LogP contribution in [0.4, 0.5) is 0 Å². The zero-order valence-corrected chi connectivity index (χ0v) is 7.93. The van der Waals surface area contributed by atoms with E-state index in [0.717, 1.165) is 19.0 Å². The van der Waals surface area contributed by atoms with Gasteiger partial charge in [-0.05, 0) is 24.1 Å². The van der Waals surface area contributed by atoms with Gasteiger partial charge in [-0.1, -0.05) is 20.3 Å². The second-order valence-corrected chi connectivity index (χ2v) is 3.36. The predicted octanol–water partition coefficient (Wildman–Crippen LogP) is 2.15. The second kappa shape index (κ2) is 4.99. The highest BCUT2D eigenvalue weighted by Crippen LogP contribution is 1.99. The smallest absolute Gasteiger partial charge is 0.0220 e. The molecule has 1 rings (SSSR count). The molecule has 0 saturated carbocycles. The maximum atomic E-state index is 3.42. The van der Waals surface area contributed by atoms with Crippen molar-refractivity contribution in [1.29, 1.82) is 0 Å². The minimum absolute atomic E-state index is 0.781. The van der Waals surface area contributed by atoms with Crippen LogP contribution >= 0.6 is 0 Å². The largest absolute Gasteiger partial charge is 0.367 e. The first kappa shape index (κ1) is 9.33. The maximum absolute atomic E-state index is 3.42. The summed E-state index contributed by atoms with van der Waals surface area (Å²) in [5.41, 5.74) is 1.33. The van der Waals surface area contributed by atoms with E-state index in [9.17, 15) is 0 Å². The van der Waals surface area contributed by atoms with E-state index in [-0.39, 0.29) is 0 Å². The van der Waals surface area contributed by atoms with Crippen molar-refractivity contribution in [2.45, 2.75) is 26.8 Å². The lowest BCUT2D eigenvalue weighted by molar-refractivity contribution is 0.500. The molecule has 1 atom stereocenters. The van der Waals surface area contributed by atoms with Crippen LogP contribution in [-0.4, -0.2) is 11.5 Å². The van der Waals surface area contributed by atoms with Gasteiger partial charge >= 0.3 is 0 Å². The number of hydrogen-bond acceptors (Lipinski definition) is 1. The Bertz CT molecular complexity index is 192. The molecular formula is C10H18N2. The molecule has 1 unspecified atom stereocenters. The Morgan fingerprint density at radius 1 is 1.58 bits per heavy atom. The van der Waals surface area contributed by atoms with E-state index in [2.05, 4.69) is 30.2 Å². The number of nitrogens with one attached hydrogen (secondary N) is 2. The highest BCUT2D eigenvalue weighted by Gasteiger charge is 1.97. The average Bonchev–Trinajstić information content (AvgIpc) is 2.57. The molecular weight excluding hydrogens is 148 g/mol. The lowest BCUT2D eigenvalue weighted by atomic mass is 10.1. The van der Waals surface area contributed by atoms with Gasteiger partial charge in [0.25, 0.3) is 0 Å². The Morgan fingerprint density at radius 3 is 3.00 bits per heavy atom. The molecule has 12 heavy (non-hydrogen) atoms. The predicted molar refractivity (Wildman–Crippen MR) is 52.0 cm³/mol. The van der Waals surface area contributed by atoms with Crippen LogP contribution in [0.1, 0.15) is 25.8 Å². The van der Waals surface area contributed by atoms with Crippen molar-refractivity contribution in [2.75, 3.05) is 6.54 Å². The van der Waals surface area contributed by atoms with Crippen LogP contribution in [0.2, 0.25) is 0 Å². The van der Waals surface area contributed by atoms with Crippen LogP contribution in [0.5, 0.6) is 0 Å². The molecule has 0 fully saturated rings. The van der Waals surface area contributed by atoms with Crippen molar-refractivity contribution in [2.24, 2.45) is 5.92 Å². The van der Waals surface area contributed by atoms with Gasteiger partial charge in [0, 0.05) is 18.9 Å². The van der Waals surface area contributed by atoms with Crippen molar-refractivity contribution < 1.29 is 0 Å². The molecule has 0 radical (unpaired) electrons. The van der Waals surface area contributed by atoms with Gasteiger partial charge in [0.2, 0.25) is 0 Å². The Morgan fingerprint density at radius 2 is 2.42 bits per heavy atom.